The smallest absolute Gasteiger partial charge is 0.268 e. The molecule has 0 aliphatic rings. The number of benzene rings is 1. The molecule has 1 aromatic carbocycles. The van der Waals surface area contributed by atoms with Crippen molar-refractivity contribution in [3.63, 3.8) is 0 Å². The number of ether oxygens (including phenoxy) is 1. The number of hydrogen-bond acceptors (Lipinski definition) is 6. The summed E-state index contributed by atoms with van der Waals surface area (Å²) >= 11 is 7.44. The van der Waals surface area contributed by atoms with Crippen LogP contribution in [0.4, 0.5) is 11.6 Å². The van der Waals surface area contributed by atoms with Crippen LogP contribution in [0.2, 0.25) is 5.02 Å². The number of hydrogen-bond donors (Lipinski definition) is 2. The summed E-state index contributed by atoms with van der Waals surface area (Å²) in [5, 5.41) is 8.02. The number of anilines is 2. The van der Waals surface area contributed by atoms with Gasteiger partial charge in [0.2, 0.25) is 5.95 Å². The normalized spacial score (nSPS) is 10.9. The van der Waals surface area contributed by atoms with Crippen molar-refractivity contribution in [2.24, 2.45) is 0 Å². The van der Waals surface area contributed by atoms with Crippen molar-refractivity contribution in [1.82, 2.24) is 15.0 Å². The van der Waals surface area contributed by atoms with E-state index in [1.807, 2.05) is 24.4 Å². The lowest BCUT2D eigenvalue weighted by atomic mass is 10.0. The molecular formula is C19H15ClN4O2S. The fraction of sp³-hybridized carbons (Fsp3) is 0.105. The predicted molar refractivity (Wildman–Crippen MR) is 109 cm³/mol. The number of nitrogens with one attached hydrogen (secondary N) is 2. The van der Waals surface area contributed by atoms with Crippen LogP contribution < -0.4 is 15.6 Å². The fourth-order valence-corrected chi connectivity index (χ4v) is 3.74. The second-order valence-corrected chi connectivity index (χ2v) is 7.10. The van der Waals surface area contributed by atoms with Crippen LogP contribution in [0, 0.1) is 6.92 Å². The van der Waals surface area contributed by atoms with E-state index in [0.29, 0.717) is 17.0 Å². The van der Waals surface area contributed by atoms with E-state index in [9.17, 15) is 4.79 Å². The fourth-order valence-electron chi connectivity index (χ4n) is 2.77. The van der Waals surface area contributed by atoms with Gasteiger partial charge in [-0.2, -0.15) is 4.98 Å². The zero-order valence-corrected chi connectivity index (χ0v) is 16.1. The summed E-state index contributed by atoms with van der Waals surface area (Å²) in [5.41, 5.74) is 4.11. The second-order valence-electron chi connectivity index (χ2n) is 5.95. The maximum atomic E-state index is 11.7. The predicted octanol–water partition coefficient (Wildman–Crippen LogP) is 4.76. The Kier molecular flexibility index (Phi) is 4.55. The monoisotopic (exact) mass is 398 g/mol. The Morgan fingerprint density at radius 2 is 2.11 bits per heavy atom. The van der Waals surface area contributed by atoms with Gasteiger partial charge in [0.25, 0.3) is 5.56 Å². The number of aromatic amines is 1. The van der Waals surface area contributed by atoms with Crippen LogP contribution >= 0.6 is 22.9 Å². The van der Waals surface area contributed by atoms with Gasteiger partial charge in [0.05, 0.1) is 7.11 Å². The molecule has 2 N–H and O–H groups in total. The number of pyridine rings is 1. The van der Waals surface area contributed by atoms with E-state index >= 15 is 0 Å². The highest BCUT2D eigenvalue weighted by atomic mass is 35.5. The number of thiophene rings is 1. The molecule has 0 aliphatic heterocycles. The average Bonchev–Trinajstić information content (AvgIpc) is 3.13. The van der Waals surface area contributed by atoms with E-state index in [2.05, 4.69) is 31.7 Å². The van der Waals surface area contributed by atoms with Gasteiger partial charge in [0.1, 0.15) is 16.4 Å². The molecule has 0 radical (unpaired) electrons. The van der Waals surface area contributed by atoms with E-state index in [1.54, 1.807) is 30.7 Å². The topological polar surface area (TPSA) is 79.9 Å². The summed E-state index contributed by atoms with van der Waals surface area (Å²) in [6.45, 7) is 2.01. The van der Waals surface area contributed by atoms with Crippen LogP contribution in [-0.4, -0.2) is 22.1 Å². The van der Waals surface area contributed by atoms with Crippen LogP contribution in [0.25, 0.3) is 22.2 Å². The number of methoxy groups -OCH3 is 1. The Hall–Kier alpha value is -2.90. The quantitative estimate of drug-likeness (QED) is 0.518. The maximum absolute atomic E-state index is 11.7. The largest absolute Gasteiger partial charge is 0.495 e. The van der Waals surface area contributed by atoms with E-state index in [4.69, 9.17) is 16.3 Å². The average molecular weight is 399 g/mol. The minimum Gasteiger partial charge on any atom is -0.495 e. The number of aromatic nitrogens is 3. The molecule has 0 saturated heterocycles. The summed E-state index contributed by atoms with van der Waals surface area (Å²) in [7, 11) is 1.67. The van der Waals surface area contributed by atoms with Gasteiger partial charge in [-0.25, -0.2) is 4.98 Å². The van der Waals surface area contributed by atoms with Crippen molar-refractivity contribution < 1.29 is 4.74 Å². The standard InChI is InChI=1S/C19H15ClN4O2S/c1-10-5-11(13-8-27-9-16(13)26-2)3-4-15(10)22-19-21-7-12-6-14(20)18(25)23-17(12)24-19/h3-9H,1-2H3,(H2,21,22,23,24,25). The minimum atomic E-state index is -0.376. The first-order valence-electron chi connectivity index (χ1n) is 8.09. The van der Waals surface area contributed by atoms with Gasteiger partial charge in [-0.05, 0) is 36.2 Å². The summed E-state index contributed by atoms with van der Waals surface area (Å²) in [4.78, 5) is 23.0. The van der Waals surface area contributed by atoms with Crippen LogP contribution in [0.5, 0.6) is 5.75 Å². The first-order valence-corrected chi connectivity index (χ1v) is 9.41. The van der Waals surface area contributed by atoms with E-state index in [0.717, 1.165) is 28.1 Å². The van der Waals surface area contributed by atoms with Gasteiger partial charge in [0, 0.05) is 33.6 Å². The van der Waals surface area contributed by atoms with Gasteiger partial charge in [-0.3, -0.25) is 4.79 Å². The van der Waals surface area contributed by atoms with Gasteiger partial charge in [-0.15, -0.1) is 11.3 Å². The highest BCUT2D eigenvalue weighted by Crippen LogP contribution is 2.35. The molecule has 0 amide bonds. The molecule has 4 rings (SSSR count). The van der Waals surface area contributed by atoms with Crippen molar-refractivity contribution >= 4 is 45.6 Å². The molecular weight excluding hydrogens is 384 g/mol. The number of aryl methyl sites for hydroxylation is 1. The SMILES string of the molecule is COc1cscc1-c1ccc(Nc2ncc3cc(Cl)c(=O)[nH]c3n2)c(C)c1. The van der Waals surface area contributed by atoms with Crippen molar-refractivity contribution in [3.05, 3.63) is 62.2 Å². The number of H-pyrrole nitrogens is 1. The molecule has 3 aromatic heterocycles. The maximum Gasteiger partial charge on any atom is 0.268 e. The Morgan fingerprint density at radius 3 is 2.89 bits per heavy atom. The van der Waals surface area contributed by atoms with Crippen LogP contribution in [0.15, 0.2) is 46.0 Å². The Bertz CT molecular complexity index is 1200. The van der Waals surface area contributed by atoms with Gasteiger partial charge in [-0.1, -0.05) is 17.7 Å². The molecule has 0 fully saturated rings. The minimum absolute atomic E-state index is 0.113. The summed E-state index contributed by atoms with van der Waals surface area (Å²) < 4.78 is 5.40. The lowest BCUT2D eigenvalue weighted by Crippen LogP contribution is -2.08. The van der Waals surface area contributed by atoms with E-state index in [-0.39, 0.29) is 10.6 Å². The molecule has 136 valence electrons. The number of nitrogens with zero attached hydrogens (tertiary/aromatic N) is 2. The first kappa shape index (κ1) is 17.5. The Labute approximate surface area is 163 Å². The molecule has 6 nitrogen and oxygen atoms in total. The summed E-state index contributed by atoms with van der Waals surface area (Å²) in [5.74, 6) is 1.25. The van der Waals surface area contributed by atoms with E-state index in [1.165, 1.54) is 0 Å². The molecule has 27 heavy (non-hydrogen) atoms. The highest BCUT2D eigenvalue weighted by Gasteiger charge is 2.10. The molecule has 0 spiro atoms. The van der Waals surface area contributed by atoms with Crippen LogP contribution in [0.3, 0.4) is 0 Å². The molecule has 0 saturated carbocycles. The third-order valence-electron chi connectivity index (χ3n) is 4.18. The summed E-state index contributed by atoms with van der Waals surface area (Å²) in [6.07, 6.45) is 1.62. The highest BCUT2D eigenvalue weighted by molar-refractivity contribution is 7.08. The van der Waals surface area contributed by atoms with Crippen molar-refractivity contribution in [2.75, 3.05) is 12.4 Å². The molecule has 0 atom stereocenters. The number of fused-ring (bicyclic) bond motifs is 1. The van der Waals surface area contributed by atoms with Crippen LogP contribution in [0.1, 0.15) is 5.56 Å². The Morgan fingerprint density at radius 1 is 1.26 bits per heavy atom. The molecule has 8 heteroatoms. The molecule has 0 aliphatic carbocycles. The second kappa shape index (κ2) is 7.02. The lowest BCUT2D eigenvalue weighted by molar-refractivity contribution is 0.418. The third-order valence-corrected chi connectivity index (χ3v) is 5.18. The zero-order chi connectivity index (χ0) is 19.0. The molecule has 4 aromatic rings. The molecule has 0 bridgehead atoms. The molecule has 3 heterocycles. The van der Waals surface area contributed by atoms with Crippen LogP contribution in [-0.2, 0) is 0 Å². The third kappa shape index (κ3) is 3.39. The number of halogens is 1. The van der Waals surface area contributed by atoms with Crippen molar-refractivity contribution in [1.29, 1.82) is 0 Å². The first-order chi connectivity index (χ1) is 13.0. The van der Waals surface area contributed by atoms with Crippen molar-refractivity contribution in [2.45, 2.75) is 6.92 Å². The number of rotatable bonds is 4. The van der Waals surface area contributed by atoms with Gasteiger partial charge < -0.3 is 15.0 Å². The Balaban J connectivity index is 1.65. The molecule has 0 unspecified atom stereocenters. The van der Waals surface area contributed by atoms with E-state index < -0.39 is 0 Å². The van der Waals surface area contributed by atoms with Gasteiger partial charge in [0.15, 0.2) is 0 Å². The summed E-state index contributed by atoms with van der Waals surface area (Å²) in [6, 6.07) is 7.62. The lowest BCUT2D eigenvalue weighted by Gasteiger charge is -2.11. The van der Waals surface area contributed by atoms with Gasteiger partial charge >= 0.3 is 0 Å². The van der Waals surface area contributed by atoms with Crippen molar-refractivity contribution in [3.8, 4) is 16.9 Å². The zero-order valence-electron chi connectivity index (χ0n) is 14.5.